The molecule has 21 heavy (non-hydrogen) atoms. The van der Waals surface area contributed by atoms with E-state index in [1.807, 2.05) is 37.3 Å². The predicted molar refractivity (Wildman–Crippen MR) is 82.0 cm³/mol. The number of carbonyl (C=O) groups is 1. The van der Waals surface area contributed by atoms with E-state index in [0.717, 1.165) is 37.7 Å². The topological polar surface area (TPSA) is 44.8 Å². The first-order valence-electron chi connectivity index (χ1n) is 7.31. The first-order chi connectivity index (χ1) is 10.3. The number of rotatable bonds is 11. The fourth-order valence-corrected chi connectivity index (χ4v) is 1.80. The fraction of sp³-hybridized carbons (Fsp3) is 0.471. The Labute approximate surface area is 126 Å². The van der Waals surface area contributed by atoms with Crippen LogP contribution in [0.4, 0.5) is 0 Å². The zero-order chi connectivity index (χ0) is 15.3. The summed E-state index contributed by atoms with van der Waals surface area (Å²) in [6.45, 7) is 7.87. The van der Waals surface area contributed by atoms with Crippen molar-refractivity contribution in [2.24, 2.45) is 0 Å². The normalized spacial score (nSPS) is 11.9. The molecule has 0 aromatic heterocycles. The molecule has 0 aliphatic carbocycles. The molecule has 1 aromatic carbocycles. The lowest BCUT2D eigenvalue weighted by molar-refractivity contribution is -0.146. The summed E-state index contributed by atoms with van der Waals surface area (Å²) >= 11 is 0. The molecule has 1 atom stereocenters. The van der Waals surface area contributed by atoms with Crippen molar-refractivity contribution < 1.29 is 19.0 Å². The Balaban J connectivity index is 2.36. The molecule has 0 heterocycles. The Kier molecular flexibility index (Phi) is 9.16. The van der Waals surface area contributed by atoms with Crippen molar-refractivity contribution in [2.75, 3.05) is 26.4 Å². The summed E-state index contributed by atoms with van der Waals surface area (Å²) in [5.74, 6) is -0.441. The number of unbranched alkanes of at least 4 members (excludes halogenated alkanes) is 1. The van der Waals surface area contributed by atoms with Gasteiger partial charge in [-0.25, -0.2) is 4.79 Å². The van der Waals surface area contributed by atoms with Gasteiger partial charge in [-0.3, -0.25) is 0 Å². The maximum atomic E-state index is 11.4. The minimum absolute atomic E-state index is 0.345. The van der Waals surface area contributed by atoms with E-state index in [-0.39, 0.29) is 0 Å². The van der Waals surface area contributed by atoms with Crippen LogP contribution in [0.5, 0.6) is 0 Å². The summed E-state index contributed by atoms with van der Waals surface area (Å²) in [5, 5.41) is 0. The van der Waals surface area contributed by atoms with Gasteiger partial charge in [0.25, 0.3) is 0 Å². The van der Waals surface area contributed by atoms with Crippen LogP contribution < -0.4 is 0 Å². The van der Waals surface area contributed by atoms with Gasteiger partial charge in [-0.2, -0.15) is 0 Å². The average Bonchev–Trinajstić information content (AvgIpc) is 2.53. The monoisotopic (exact) mass is 292 g/mol. The Bertz CT molecular complexity index is 403. The largest absolute Gasteiger partial charge is 0.452 e. The summed E-state index contributed by atoms with van der Waals surface area (Å²) in [7, 11) is 0. The highest BCUT2D eigenvalue weighted by Gasteiger charge is 2.15. The van der Waals surface area contributed by atoms with Crippen LogP contribution in [-0.2, 0) is 19.0 Å². The Hall–Kier alpha value is -1.65. The predicted octanol–water partition coefficient (Wildman–Crippen LogP) is 3.29. The molecule has 116 valence electrons. The molecule has 0 radical (unpaired) electrons. The lowest BCUT2D eigenvalue weighted by Gasteiger charge is -2.17. The summed E-state index contributed by atoms with van der Waals surface area (Å²) in [6.07, 6.45) is 2.66. The number of hydrogen-bond donors (Lipinski definition) is 0. The molecule has 0 aliphatic rings. The maximum Gasteiger partial charge on any atom is 0.330 e. The molecule has 1 aromatic rings. The second-order valence-corrected chi connectivity index (χ2v) is 4.52. The molecule has 0 fully saturated rings. The van der Waals surface area contributed by atoms with Crippen molar-refractivity contribution in [1.82, 2.24) is 0 Å². The summed E-state index contributed by atoms with van der Waals surface area (Å²) < 4.78 is 16.2. The van der Waals surface area contributed by atoms with Gasteiger partial charge in [0.05, 0.1) is 6.61 Å². The van der Waals surface area contributed by atoms with Crippen LogP contribution in [0.25, 0.3) is 0 Å². The van der Waals surface area contributed by atoms with Crippen molar-refractivity contribution in [1.29, 1.82) is 0 Å². The highest BCUT2D eigenvalue weighted by molar-refractivity contribution is 5.81. The first-order valence-corrected chi connectivity index (χ1v) is 7.31. The molecule has 4 heteroatoms. The highest BCUT2D eigenvalue weighted by atomic mass is 16.6. The number of esters is 1. The van der Waals surface area contributed by atoms with Crippen LogP contribution in [0, 0.1) is 0 Å². The van der Waals surface area contributed by atoms with Gasteiger partial charge in [0, 0.05) is 25.9 Å². The van der Waals surface area contributed by atoms with E-state index < -0.39 is 12.1 Å². The van der Waals surface area contributed by atoms with Crippen LogP contribution in [0.1, 0.15) is 31.4 Å². The van der Waals surface area contributed by atoms with Gasteiger partial charge in [0.1, 0.15) is 0 Å². The van der Waals surface area contributed by atoms with Crippen molar-refractivity contribution in [3.63, 3.8) is 0 Å². The van der Waals surface area contributed by atoms with Gasteiger partial charge < -0.3 is 14.2 Å². The van der Waals surface area contributed by atoms with E-state index in [1.165, 1.54) is 0 Å². The lowest BCUT2D eigenvalue weighted by Crippen LogP contribution is -2.15. The highest BCUT2D eigenvalue weighted by Crippen LogP contribution is 2.18. The van der Waals surface area contributed by atoms with Gasteiger partial charge >= 0.3 is 5.97 Å². The standard InChI is InChI=1S/C17H24O4/c1-3-17(18)21-16(15-10-6-5-7-11-15)14-20-13-9-8-12-19-4-2/h3,5-7,10-11,16H,1,4,8-9,12-14H2,2H3. The summed E-state index contributed by atoms with van der Waals surface area (Å²) in [4.78, 5) is 11.4. The summed E-state index contributed by atoms with van der Waals surface area (Å²) in [6, 6.07) is 9.57. The van der Waals surface area contributed by atoms with E-state index in [1.54, 1.807) is 0 Å². The van der Waals surface area contributed by atoms with Gasteiger partial charge in [0.15, 0.2) is 6.10 Å². The van der Waals surface area contributed by atoms with Crippen LogP contribution in [0.15, 0.2) is 43.0 Å². The van der Waals surface area contributed by atoms with E-state index in [2.05, 4.69) is 6.58 Å². The van der Waals surface area contributed by atoms with E-state index in [4.69, 9.17) is 14.2 Å². The van der Waals surface area contributed by atoms with Gasteiger partial charge in [-0.1, -0.05) is 36.9 Å². The van der Waals surface area contributed by atoms with E-state index >= 15 is 0 Å². The van der Waals surface area contributed by atoms with Crippen molar-refractivity contribution >= 4 is 5.97 Å². The molecule has 0 saturated carbocycles. The molecule has 1 rings (SSSR count). The Morgan fingerprint density at radius 3 is 2.48 bits per heavy atom. The van der Waals surface area contributed by atoms with Crippen molar-refractivity contribution in [3.05, 3.63) is 48.6 Å². The zero-order valence-corrected chi connectivity index (χ0v) is 12.6. The van der Waals surface area contributed by atoms with Gasteiger partial charge in [-0.05, 0) is 25.3 Å². The molecular weight excluding hydrogens is 268 g/mol. The molecule has 0 saturated heterocycles. The van der Waals surface area contributed by atoms with Crippen LogP contribution in [0.2, 0.25) is 0 Å². The van der Waals surface area contributed by atoms with E-state index in [0.29, 0.717) is 13.2 Å². The third-order valence-electron chi connectivity index (χ3n) is 2.90. The van der Waals surface area contributed by atoms with Crippen LogP contribution in [0.3, 0.4) is 0 Å². The maximum absolute atomic E-state index is 11.4. The Morgan fingerprint density at radius 2 is 1.86 bits per heavy atom. The molecule has 0 amide bonds. The summed E-state index contributed by atoms with van der Waals surface area (Å²) in [5.41, 5.74) is 0.919. The second kappa shape index (κ2) is 11.1. The van der Waals surface area contributed by atoms with Gasteiger partial charge in [-0.15, -0.1) is 0 Å². The molecule has 0 aliphatic heterocycles. The third-order valence-corrected chi connectivity index (χ3v) is 2.90. The smallest absolute Gasteiger partial charge is 0.330 e. The SMILES string of the molecule is C=CC(=O)OC(COCCCCOCC)c1ccccc1. The molecule has 0 N–H and O–H groups in total. The third kappa shape index (κ3) is 7.63. The minimum Gasteiger partial charge on any atom is -0.452 e. The van der Waals surface area contributed by atoms with Crippen molar-refractivity contribution in [2.45, 2.75) is 25.9 Å². The number of ether oxygens (including phenoxy) is 3. The van der Waals surface area contributed by atoms with Gasteiger partial charge in [0.2, 0.25) is 0 Å². The molecule has 0 spiro atoms. The number of benzene rings is 1. The minimum atomic E-state index is -0.441. The quantitative estimate of drug-likeness (QED) is 0.357. The fourth-order valence-electron chi connectivity index (χ4n) is 1.80. The zero-order valence-electron chi connectivity index (χ0n) is 12.6. The molecule has 1 unspecified atom stereocenters. The lowest BCUT2D eigenvalue weighted by atomic mass is 10.1. The Morgan fingerprint density at radius 1 is 1.19 bits per heavy atom. The number of carbonyl (C=O) groups excluding carboxylic acids is 1. The number of hydrogen-bond acceptors (Lipinski definition) is 4. The molecular formula is C17H24O4. The molecule has 4 nitrogen and oxygen atoms in total. The first kappa shape index (κ1) is 17.4. The second-order valence-electron chi connectivity index (χ2n) is 4.52. The average molecular weight is 292 g/mol. The molecule has 0 bridgehead atoms. The van der Waals surface area contributed by atoms with Crippen molar-refractivity contribution in [3.8, 4) is 0 Å². The van der Waals surface area contributed by atoms with Crippen LogP contribution >= 0.6 is 0 Å². The van der Waals surface area contributed by atoms with Crippen LogP contribution in [-0.4, -0.2) is 32.4 Å². The van der Waals surface area contributed by atoms with E-state index in [9.17, 15) is 4.79 Å².